The Morgan fingerprint density at radius 1 is 1.09 bits per heavy atom. The lowest BCUT2D eigenvalue weighted by atomic mass is 9.76. The largest absolute Gasteiger partial charge is 0.573 e. The number of alkyl halides is 3. The van der Waals surface area contributed by atoms with Crippen LogP contribution in [0.3, 0.4) is 0 Å². The highest BCUT2D eigenvalue weighted by Gasteiger charge is 2.49. The predicted molar refractivity (Wildman–Crippen MR) is 117 cm³/mol. The minimum Gasteiger partial charge on any atom is -0.406 e. The second-order valence-electron chi connectivity index (χ2n) is 8.57. The molecule has 1 N–H and O–H groups in total. The van der Waals surface area contributed by atoms with E-state index in [-0.39, 0.29) is 17.7 Å². The van der Waals surface area contributed by atoms with Gasteiger partial charge in [0.15, 0.2) is 0 Å². The zero-order valence-electron chi connectivity index (χ0n) is 17.9. The molecule has 0 aliphatic carbocycles. The summed E-state index contributed by atoms with van der Waals surface area (Å²) in [4.78, 5) is 8.50. The van der Waals surface area contributed by atoms with Crippen LogP contribution in [0.5, 0.6) is 5.75 Å². The molecule has 33 heavy (non-hydrogen) atoms. The van der Waals surface area contributed by atoms with Crippen molar-refractivity contribution in [2.24, 2.45) is 0 Å². The Bertz CT molecular complexity index is 1100. The highest BCUT2D eigenvalue weighted by molar-refractivity contribution is 5.65. The highest BCUT2D eigenvalue weighted by atomic mass is 19.4. The van der Waals surface area contributed by atoms with Crippen molar-refractivity contribution in [1.82, 2.24) is 15.3 Å². The van der Waals surface area contributed by atoms with Crippen LogP contribution in [0.25, 0.3) is 11.3 Å². The van der Waals surface area contributed by atoms with Gasteiger partial charge in [-0.05, 0) is 55.1 Å². The summed E-state index contributed by atoms with van der Waals surface area (Å²) < 4.78 is 49.5. The molecule has 0 amide bonds. The van der Waals surface area contributed by atoms with Crippen molar-refractivity contribution in [3.05, 3.63) is 78.2 Å². The molecule has 3 atom stereocenters. The number of ether oxygens (including phenoxy) is 2. The van der Waals surface area contributed by atoms with Gasteiger partial charge in [0.1, 0.15) is 5.75 Å². The number of nitrogens with one attached hydrogen (secondary N) is 1. The van der Waals surface area contributed by atoms with Crippen LogP contribution in [0, 0.1) is 0 Å². The zero-order chi connectivity index (χ0) is 22.9. The summed E-state index contributed by atoms with van der Waals surface area (Å²) >= 11 is 0. The summed E-state index contributed by atoms with van der Waals surface area (Å²) in [5.41, 5.74) is 2.80. The van der Waals surface area contributed by atoms with E-state index in [4.69, 9.17) is 4.74 Å². The number of nitrogens with zero attached hydrogens (tertiary/aromatic N) is 2. The van der Waals surface area contributed by atoms with Crippen LogP contribution < -0.4 is 10.1 Å². The Balaban J connectivity index is 1.51. The van der Waals surface area contributed by atoms with Gasteiger partial charge in [0.25, 0.3) is 0 Å². The van der Waals surface area contributed by atoms with Gasteiger partial charge in [-0.15, -0.1) is 13.2 Å². The molecule has 0 unspecified atom stereocenters. The number of aromatic nitrogens is 2. The van der Waals surface area contributed by atoms with Crippen molar-refractivity contribution in [2.75, 3.05) is 13.2 Å². The molecule has 0 saturated carbocycles. The topological polar surface area (TPSA) is 56.3 Å². The van der Waals surface area contributed by atoms with E-state index >= 15 is 0 Å². The number of hydrogen-bond donors (Lipinski definition) is 1. The van der Waals surface area contributed by atoms with Gasteiger partial charge < -0.3 is 14.8 Å². The highest BCUT2D eigenvalue weighted by Crippen LogP contribution is 2.50. The van der Waals surface area contributed by atoms with Gasteiger partial charge in [0.2, 0.25) is 0 Å². The summed E-state index contributed by atoms with van der Waals surface area (Å²) in [6.07, 6.45) is 2.54. The van der Waals surface area contributed by atoms with Crippen LogP contribution >= 0.6 is 0 Å². The van der Waals surface area contributed by atoms with Crippen molar-refractivity contribution in [3.63, 3.8) is 0 Å². The van der Waals surface area contributed by atoms with E-state index in [0.717, 1.165) is 36.1 Å². The summed E-state index contributed by atoms with van der Waals surface area (Å²) in [6.45, 7) is 1.31. The zero-order valence-corrected chi connectivity index (χ0v) is 17.9. The van der Waals surface area contributed by atoms with Crippen LogP contribution in [0.4, 0.5) is 13.2 Å². The molecule has 0 radical (unpaired) electrons. The van der Waals surface area contributed by atoms with Crippen molar-refractivity contribution in [1.29, 1.82) is 0 Å². The maximum Gasteiger partial charge on any atom is 0.573 e. The van der Waals surface area contributed by atoms with Gasteiger partial charge in [-0.25, -0.2) is 0 Å². The minimum atomic E-state index is -4.76. The Morgan fingerprint density at radius 2 is 1.94 bits per heavy atom. The minimum absolute atomic E-state index is 0.0204. The third-order valence-electron chi connectivity index (χ3n) is 6.48. The first-order chi connectivity index (χ1) is 15.9. The van der Waals surface area contributed by atoms with Crippen LogP contribution in [0.1, 0.15) is 42.3 Å². The number of hydrogen-bond acceptors (Lipinski definition) is 5. The van der Waals surface area contributed by atoms with E-state index in [0.29, 0.717) is 18.7 Å². The van der Waals surface area contributed by atoms with Gasteiger partial charge >= 0.3 is 6.36 Å². The van der Waals surface area contributed by atoms with Gasteiger partial charge in [0, 0.05) is 23.9 Å². The molecule has 3 heterocycles. The first kappa shape index (κ1) is 21.9. The molecule has 5 nitrogen and oxygen atoms in total. The fourth-order valence-electron chi connectivity index (χ4n) is 5.16. The van der Waals surface area contributed by atoms with Gasteiger partial charge in [-0.3, -0.25) is 9.97 Å². The lowest BCUT2D eigenvalue weighted by molar-refractivity contribution is -0.274. The normalized spacial score (nSPS) is 25.3. The molecule has 2 aliphatic heterocycles. The van der Waals surface area contributed by atoms with Gasteiger partial charge in [-0.1, -0.05) is 30.3 Å². The van der Waals surface area contributed by atoms with Crippen LogP contribution in [0.15, 0.2) is 67.1 Å². The molecular weight excluding hydrogens is 431 g/mol. The molecule has 8 heteroatoms. The second kappa shape index (κ2) is 8.76. The van der Waals surface area contributed by atoms with Gasteiger partial charge in [-0.2, -0.15) is 0 Å². The summed E-state index contributed by atoms with van der Waals surface area (Å²) in [5.74, 6) is -0.350. The third-order valence-corrected chi connectivity index (χ3v) is 6.48. The monoisotopic (exact) mass is 455 g/mol. The Labute approximate surface area is 190 Å². The molecule has 5 rings (SSSR count). The number of benzene rings is 2. The van der Waals surface area contributed by atoms with Crippen molar-refractivity contribution < 1.29 is 22.6 Å². The number of rotatable bonds is 4. The van der Waals surface area contributed by atoms with Crippen molar-refractivity contribution in [3.8, 4) is 17.0 Å². The molecule has 2 aliphatic rings. The third kappa shape index (κ3) is 4.58. The van der Waals surface area contributed by atoms with Crippen LogP contribution in [-0.4, -0.2) is 35.1 Å². The summed E-state index contributed by atoms with van der Waals surface area (Å²) in [7, 11) is 0. The molecule has 1 aromatic heterocycles. The molecule has 172 valence electrons. The van der Waals surface area contributed by atoms with Crippen molar-refractivity contribution >= 4 is 0 Å². The molecule has 0 bridgehead atoms. The van der Waals surface area contributed by atoms with E-state index < -0.39 is 12.0 Å². The number of piperidine rings is 1. The fourth-order valence-corrected chi connectivity index (χ4v) is 5.16. The van der Waals surface area contributed by atoms with Crippen LogP contribution in [-0.2, 0) is 4.74 Å². The number of halogens is 3. The standard InChI is InChI=1S/C25H24F3N3O2/c26-25(27,28)33-19-7-8-20(22-15-29-11-12-30-22)21(13-19)18-14-24(32-16-18)9-4-10-31-23(24)17-5-2-1-3-6-17/h1-3,5-8,11-13,15,18,23,31H,4,9-10,14,16H2/t18-,23-,24+/m0/s1. The lowest BCUT2D eigenvalue weighted by Gasteiger charge is -2.41. The first-order valence-electron chi connectivity index (χ1n) is 11.0. The first-order valence-corrected chi connectivity index (χ1v) is 11.0. The molecule has 1 spiro atoms. The van der Waals surface area contributed by atoms with E-state index in [9.17, 15) is 13.2 Å². The fraction of sp³-hybridized carbons (Fsp3) is 0.360. The molecular formula is C25H24F3N3O2. The molecule has 3 aromatic rings. The SMILES string of the molecule is FC(F)(F)Oc1ccc(-c2cnccn2)c([C@@H]2CO[C@]3(CCCN[C@H]3c3ccccc3)C2)c1. The average molecular weight is 455 g/mol. The van der Waals surface area contributed by atoms with E-state index in [2.05, 4.69) is 32.2 Å². The van der Waals surface area contributed by atoms with E-state index in [1.807, 2.05) is 18.2 Å². The quantitative estimate of drug-likeness (QED) is 0.570. The summed E-state index contributed by atoms with van der Waals surface area (Å²) in [5, 5.41) is 3.61. The Morgan fingerprint density at radius 3 is 2.70 bits per heavy atom. The average Bonchev–Trinajstić information content (AvgIpc) is 3.23. The Kier molecular flexibility index (Phi) is 5.80. The smallest absolute Gasteiger partial charge is 0.406 e. The maximum atomic E-state index is 12.9. The summed E-state index contributed by atoms with van der Waals surface area (Å²) in [6, 6.07) is 14.6. The maximum absolute atomic E-state index is 12.9. The molecule has 2 fully saturated rings. The van der Waals surface area contributed by atoms with Crippen LogP contribution in [0.2, 0.25) is 0 Å². The van der Waals surface area contributed by atoms with E-state index in [1.165, 1.54) is 12.1 Å². The molecule has 2 aromatic carbocycles. The van der Waals surface area contributed by atoms with Gasteiger partial charge in [0.05, 0.1) is 30.1 Å². The Hall–Kier alpha value is -2.97. The predicted octanol–water partition coefficient (Wildman–Crippen LogP) is 5.41. The second-order valence-corrected chi connectivity index (χ2v) is 8.57. The van der Waals surface area contributed by atoms with Crippen molar-refractivity contribution in [2.45, 2.75) is 43.2 Å². The van der Waals surface area contributed by atoms with E-state index in [1.54, 1.807) is 24.7 Å². The lowest BCUT2D eigenvalue weighted by Crippen LogP contribution is -2.48. The molecule has 2 saturated heterocycles.